The molecule has 5 heteroatoms. The number of hydrogen-bond acceptors (Lipinski definition) is 3. The summed E-state index contributed by atoms with van der Waals surface area (Å²) in [6.07, 6.45) is 1.61. The molecule has 1 rings (SSSR count). The predicted octanol–water partition coefficient (Wildman–Crippen LogP) is 2.41. The molecule has 0 saturated heterocycles. The van der Waals surface area contributed by atoms with Crippen molar-refractivity contribution in [2.75, 3.05) is 7.11 Å². The number of carbonyl (C=O) groups excluding carboxylic acids is 1. The first kappa shape index (κ1) is 14.0. The van der Waals surface area contributed by atoms with Gasteiger partial charge in [0.25, 0.3) is 0 Å². The zero-order valence-corrected chi connectivity index (χ0v) is 10.7. The van der Waals surface area contributed by atoms with Crippen LogP contribution >= 0.6 is 23.2 Å². The maximum Gasteiger partial charge on any atom is 0.345 e. The first-order chi connectivity index (χ1) is 7.98. The van der Waals surface area contributed by atoms with Crippen molar-refractivity contribution in [3.8, 4) is 0 Å². The summed E-state index contributed by atoms with van der Waals surface area (Å²) in [7, 11) is 1.15. The van der Waals surface area contributed by atoms with Gasteiger partial charge in [0.05, 0.1) is 7.11 Å². The summed E-state index contributed by atoms with van der Waals surface area (Å²) in [5.74, 6) is -0.897. The Balaban J connectivity index is 2.75. The normalized spacial score (nSPS) is 13.6. The minimum absolute atomic E-state index is 0.862. The highest BCUT2D eigenvalue weighted by atomic mass is 35.5. The molecule has 1 aromatic carbocycles. The minimum Gasteiger partial charge on any atom is -0.467 e. The van der Waals surface area contributed by atoms with Gasteiger partial charge in [-0.1, -0.05) is 65.7 Å². The molecule has 0 bridgehead atoms. The highest BCUT2D eigenvalue weighted by molar-refractivity contribution is 6.58. The van der Waals surface area contributed by atoms with Gasteiger partial charge in [-0.15, -0.1) is 0 Å². The first-order valence-corrected chi connectivity index (χ1v) is 5.61. The molecule has 1 aromatic rings. The summed E-state index contributed by atoms with van der Waals surface area (Å²) >= 11 is 11.4. The largest absolute Gasteiger partial charge is 0.467 e. The van der Waals surface area contributed by atoms with Crippen molar-refractivity contribution < 1.29 is 14.6 Å². The Kier molecular flexibility index (Phi) is 5.00. The summed E-state index contributed by atoms with van der Waals surface area (Å²) in [4.78, 5) is 11.2. The highest BCUT2D eigenvalue weighted by Gasteiger charge is 2.41. The van der Waals surface area contributed by atoms with E-state index in [-0.39, 0.29) is 0 Å². The molecular weight excluding hydrogens is 263 g/mol. The molecule has 0 aromatic heterocycles. The fraction of sp³-hybridized carbons (Fsp3) is 0.250. The van der Waals surface area contributed by atoms with E-state index < -0.39 is 16.4 Å². The van der Waals surface area contributed by atoms with Gasteiger partial charge in [-0.05, 0) is 5.56 Å². The Hall–Kier alpha value is -1.03. The molecule has 0 amide bonds. The Labute approximate surface area is 110 Å². The van der Waals surface area contributed by atoms with Crippen molar-refractivity contribution in [2.24, 2.45) is 0 Å². The minimum atomic E-state index is -2.00. The number of esters is 1. The van der Waals surface area contributed by atoms with Crippen molar-refractivity contribution >= 4 is 35.2 Å². The van der Waals surface area contributed by atoms with Gasteiger partial charge in [0.15, 0.2) is 0 Å². The van der Waals surface area contributed by atoms with Crippen LogP contribution in [-0.2, 0) is 9.53 Å². The van der Waals surface area contributed by atoms with Crippen LogP contribution in [0.1, 0.15) is 5.56 Å². The average Bonchev–Trinajstić information content (AvgIpc) is 2.35. The third-order valence-electron chi connectivity index (χ3n) is 2.10. The second-order valence-electron chi connectivity index (χ2n) is 3.33. The number of alkyl halides is 2. The average molecular weight is 275 g/mol. The van der Waals surface area contributed by atoms with Gasteiger partial charge >= 0.3 is 5.97 Å². The molecule has 17 heavy (non-hydrogen) atoms. The van der Waals surface area contributed by atoms with Crippen molar-refractivity contribution in [1.82, 2.24) is 0 Å². The molecule has 92 valence electrons. The molecule has 1 N–H and O–H groups in total. The van der Waals surface area contributed by atoms with E-state index in [9.17, 15) is 9.90 Å². The van der Waals surface area contributed by atoms with Gasteiger partial charge in [0, 0.05) is 0 Å². The van der Waals surface area contributed by atoms with Crippen LogP contribution in [0.25, 0.3) is 6.08 Å². The first-order valence-electron chi connectivity index (χ1n) is 4.86. The summed E-state index contributed by atoms with van der Waals surface area (Å²) < 4.78 is 2.39. The van der Waals surface area contributed by atoms with Crippen LogP contribution in [0, 0.1) is 0 Å². The number of rotatable bonds is 4. The molecule has 0 radical (unpaired) electrons. The maximum absolute atomic E-state index is 11.2. The lowest BCUT2D eigenvalue weighted by molar-refractivity contribution is -0.143. The monoisotopic (exact) mass is 274 g/mol. The lowest BCUT2D eigenvalue weighted by Gasteiger charge is -2.20. The molecule has 0 spiro atoms. The van der Waals surface area contributed by atoms with Gasteiger partial charge in [-0.25, -0.2) is 4.79 Å². The fourth-order valence-corrected chi connectivity index (χ4v) is 1.44. The lowest BCUT2D eigenvalue weighted by Crippen LogP contribution is -2.38. The van der Waals surface area contributed by atoms with Gasteiger partial charge in [0.1, 0.15) is 6.10 Å². The number of halogens is 2. The summed E-state index contributed by atoms with van der Waals surface area (Å²) in [5.41, 5.74) is 0.862. The summed E-state index contributed by atoms with van der Waals surface area (Å²) in [5, 5.41) is 9.69. The van der Waals surface area contributed by atoms with E-state index in [1.54, 1.807) is 6.08 Å². The number of carbonyl (C=O) groups is 1. The highest BCUT2D eigenvalue weighted by Crippen LogP contribution is 2.28. The van der Waals surface area contributed by atoms with Crippen LogP contribution in [0.2, 0.25) is 0 Å². The van der Waals surface area contributed by atoms with Crippen LogP contribution in [0.5, 0.6) is 0 Å². The third-order valence-corrected chi connectivity index (χ3v) is 2.86. The number of aliphatic hydroxyl groups is 1. The molecular formula is C12H12Cl2O3. The van der Waals surface area contributed by atoms with Crippen molar-refractivity contribution in [3.63, 3.8) is 0 Å². The zero-order valence-electron chi connectivity index (χ0n) is 9.14. The van der Waals surface area contributed by atoms with E-state index in [1.807, 2.05) is 30.3 Å². The van der Waals surface area contributed by atoms with Crippen LogP contribution < -0.4 is 0 Å². The van der Waals surface area contributed by atoms with Gasteiger partial charge < -0.3 is 9.84 Å². The molecule has 3 nitrogen and oxygen atoms in total. The molecule has 0 saturated carbocycles. The lowest BCUT2D eigenvalue weighted by atomic mass is 10.1. The Morgan fingerprint density at radius 2 is 2.00 bits per heavy atom. The molecule has 0 aliphatic rings. The Bertz CT molecular complexity index is 401. The molecule has 0 fully saturated rings. The maximum atomic E-state index is 11.2. The van der Waals surface area contributed by atoms with Crippen molar-refractivity contribution in [2.45, 2.75) is 10.4 Å². The summed E-state index contributed by atoms with van der Waals surface area (Å²) in [6, 6.07) is 9.24. The smallest absolute Gasteiger partial charge is 0.345 e. The van der Waals surface area contributed by atoms with Crippen LogP contribution in [0.4, 0.5) is 0 Å². The number of benzene rings is 1. The number of aliphatic hydroxyl groups excluding tert-OH is 1. The molecule has 1 unspecified atom stereocenters. The number of methoxy groups -OCH3 is 1. The van der Waals surface area contributed by atoms with E-state index >= 15 is 0 Å². The molecule has 0 aliphatic heterocycles. The second kappa shape index (κ2) is 6.05. The van der Waals surface area contributed by atoms with E-state index in [2.05, 4.69) is 4.74 Å². The zero-order chi connectivity index (χ0) is 12.9. The van der Waals surface area contributed by atoms with Crippen LogP contribution in [0.15, 0.2) is 36.4 Å². The van der Waals surface area contributed by atoms with Crippen LogP contribution in [-0.4, -0.2) is 28.6 Å². The summed E-state index contributed by atoms with van der Waals surface area (Å²) in [6.45, 7) is 0. The standard InChI is InChI=1S/C12H12Cl2O3/c1-17-11(16)12(13,14)10(15)8-7-9-5-3-2-4-6-9/h2-8,10,15H,1H3. The predicted molar refractivity (Wildman–Crippen MR) is 67.9 cm³/mol. The topological polar surface area (TPSA) is 46.5 Å². The van der Waals surface area contributed by atoms with E-state index in [4.69, 9.17) is 23.2 Å². The van der Waals surface area contributed by atoms with E-state index in [0.717, 1.165) is 12.7 Å². The fourth-order valence-electron chi connectivity index (χ4n) is 1.14. The van der Waals surface area contributed by atoms with Gasteiger partial charge in [0.2, 0.25) is 4.33 Å². The van der Waals surface area contributed by atoms with E-state index in [0.29, 0.717) is 0 Å². The van der Waals surface area contributed by atoms with Crippen molar-refractivity contribution in [3.05, 3.63) is 42.0 Å². The quantitative estimate of drug-likeness (QED) is 0.678. The Morgan fingerprint density at radius 3 is 2.53 bits per heavy atom. The molecule has 0 aliphatic carbocycles. The number of hydrogen-bond donors (Lipinski definition) is 1. The van der Waals surface area contributed by atoms with Crippen molar-refractivity contribution in [1.29, 1.82) is 0 Å². The van der Waals surface area contributed by atoms with Gasteiger partial charge in [-0.3, -0.25) is 0 Å². The SMILES string of the molecule is COC(=O)C(Cl)(Cl)C(O)C=Cc1ccccc1. The Morgan fingerprint density at radius 1 is 1.41 bits per heavy atom. The van der Waals surface area contributed by atoms with Gasteiger partial charge in [-0.2, -0.15) is 0 Å². The molecule has 0 heterocycles. The molecule has 1 atom stereocenters. The second-order valence-corrected chi connectivity index (χ2v) is 4.72. The number of ether oxygens (including phenoxy) is 1. The van der Waals surface area contributed by atoms with E-state index in [1.165, 1.54) is 6.08 Å². The third kappa shape index (κ3) is 3.73. The van der Waals surface area contributed by atoms with Crippen LogP contribution in [0.3, 0.4) is 0 Å².